The molecule has 0 saturated carbocycles. The third-order valence-corrected chi connectivity index (χ3v) is 9.30. The van der Waals surface area contributed by atoms with Crippen LogP contribution in [0.25, 0.3) is 11.1 Å². The third kappa shape index (κ3) is 8.82. The molecule has 9 nitrogen and oxygen atoms in total. The molecule has 2 N–H and O–H groups in total. The van der Waals surface area contributed by atoms with E-state index in [2.05, 4.69) is 71.9 Å². The van der Waals surface area contributed by atoms with Crippen LogP contribution in [0, 0.1) is 19.3 Å². The fourth-order valence-electron chi connectivity index (χ4n) is 6.72. The standard InChI is InChI=1S/C34H43N5O3.C4H10O/c1-23-28(21-31(40)41)33(38-14-11-34(3,4)12-15-38)32(24(2)35-23)26-8-9-27-22-39(13-10-25(27)20-26)30-7-5-6-29(36-30)37-16-18-42-19-17-37;1-4(2,3)5/h5-9,20H,10-19,21-22H2,1-4H3,(H,40,41);5H,1-3H3. The van der Waals surface area contributed by atoms with Crippen molar-refractivity contribution in [1.82, 2.24) is 9.97 Å². The van der Waals surface area contributed by atoms with E-state index in [4.69, 9.17) is 19.8 Å². The van der Waals surface area contributed by atoms with Crippen molar-refractivity contribution in [1.29, 1.82) is 0 Å². The van der Waals surface area contributed by atoms with Gasteiger partial charge in [0.15, 0.2) is 0 Å². The average molecular weight is 644 g/mol. The number of carboxylic acid groups (broad SMARTS) is 1. The fraction of sp³-hybridized carbons (Fsp3) is 0.553. The van der Waals surface area contributed by atoms with E-state index in [1.54, 1.807) is 20.8 Å². The number of aryl methyl sites for hydroxylation is 2. The molecule has 1 aromatic carbocycles. The Morgan fingerprint density at radius 2 is 1.51 bits per heavy atom. The molecule has 2 aromatic heterocycles. The van der Waals surface area contributed by atoms with Crippen molar-refractivity contribution in [3.8, 4) is 11.1 Å². The molecule has 0 atom stereocenters. The number of fused-ring (bicyclic) bond motifs is 1. The Labute approximate surface area is 280 Å². The Hall–Kier alpha value is -3.69. The predicted molar refractivity (Wildman–Crippen MR) is 190 cm³/mol. The number of piperidine rings is 1. The van der Waals surface area contributed by atoms with Gasteiger partial charge in [0.2, 0.25) is 0 Å². The van der Waals surface area contributed by atoms with Crippen molar-refractivity contribution in [2.75, 3.05) is 60.6 Å². The SMILES string of the molecule is CC(C)(C)O.Cc1nc(C)c(-c2ccc3c(c2)CCN(c2cccc(N4CCOCC4)n2)C3)c(N2CCC(C)(C)CC2)c1CC(=O)O. The first-order valence-electron chi connectivity index (χ1n) is 17.0. The minimum absolute atomic E-state index is 0.0161. The van der Waals surface area contributed by atoms with Crippen LogP contribution in [0.2, 0.25) is 0 Å². The van der Waals surface area contributed by atoms with E-state index < -0.39 is 11.6 Å². The summed E-state index contributed by atoms with van der Waals surface area (Å²) in [5, 5.41) is 18.4. The van der Waals surface area contributed by atoms with Crippen LogP contribution < -0.4 is 14.7 Å². The molecule has 2 saturated heterocycles. The van der Waals surface area contributed by atoms with E-state index in [9.17, 15) is 9.90 Å². The third-order valence-electron chi connectivity index (χ3n) is 9.30. The molecule has 3 aliphatic rings. The first kappa shape index (κ1) is 34.6. The molecule has 6 rings (SSSR count). The van der Waals surface area contributed by atoms with Crippen molar-refractivity contribution in [2.24, 2.45) is 5.41 Å². The molecule has 9 heteroatoms. The number of hydrogen-bond donors (Lipinski definition) is 2. The molecule has 254 valence electrons. The maximum Gasteiger partial charge on any atom is 0.307 e. The number of morpholine rings is 1. The zero-order valence-electron chi connectivity index (χ0n) is 29.4. The summed E-state index contributed by atoms with van der Waals surface area (Å²) >= 11 is 0. The molecule has 3 aliphatic heterocycles. The summed E-state index contributed by atoms with van der Waals surface area (Å²) in [4.78, 5) is 29.0. The van der Waals surface area contributed by atoms with Gasteiger partial charge in [0.05, 0.1) is 30.9 Å². The maximum atomic E-state index is 12.0. The number of carbonyl (C=O) groups is 1. The lowest BCUT2D eigenvalue weighted by Gasteiger charge is -2.40. The number of aliphatic carboxylic acids is 1. The van der Waals surface area contributed by atoms with Gasteiger partial charge in [0.1, 0.15) is 11.6 Å². The molecule has 0 spiro atoms. The van der Waals surface area contributed by atoms with Crippen molar-refractivity contribution in [2.45, 2.75) is 86.3 Å². The van der Waals surface area contributed by atoms with Gasteiger partial charge in [0.25, 0.3) is 0 Å². The van der Waals surface area contributed by atoms with Gasteiger partial charge in [-0.1, -0.05) is 38.1 Å². The smallest absolute Gasteiger partial charge is 0.307 e. The number of rotatable bonds is 6. The highest BCUT2D eigenvalue weighted by molar-refractivity contribution is 5.86. The molecule has 0 amide bonds. The van der Waals surface area contributed by atoms with E-state index in [0.29, 0.717) is 5.41 Å². The number of nitrogens with zero attached hydrogens (tertiary/aromatic N) is 5. The fourth-order valence-corrected chi connectivity index (χ4v) is 6.72. The molecule has 0 unspecified atom stereocenters. The Kier molecular flexibility index (Phi) is 10.5. The highest BCUT2D eigenvalue weighted by Crippen LogP contribution is 2.42. The van der Waals surface area contributed by atoms with Crippen LogP contribution in [-0.4, -0.2) is 77.7 Å². The lowest BCUT2D eigenvalue weighted by Crippen LogP contribution is -2.38. The van der Waals surface area contributed by atoms with Crippen LogP contribution in [0.4, 0.5) is 17.3 Å². The lowest BCUT2D eigenvalue weighted by molar-refractivity contribution is -0.136. The topological polar surface area (TPSA) is 102 Å². The number of pyridine rings is 2. The Bertz CT molecular complexity index is 1560. The molecular weight excluding hydrogens is 590 g/mol. The van der Waals surface area contributed by atoms with Crippen LogP contribution in [0.15, 0.2) is 36.4 Å². The summed E-state index contributed by atoms with van der Waals surface area (Å²) in [7, 11) is 0. The van der Waals surface area contributed by atoms with Crippen molar-refractivity contribution in [3.63, 3.8) is 0 Å². The van der Waals surface area contributed by atoms with Gasteiger partial charge >= 0.3 is 5.97 Å². The van der Waals surface area contributed by atoms with Crippen LogP contribution in [0.3, 0.4) is 0 Å². The zero-order chi connectivity index (χ0) is 33.9. The van der Waals surface area contributed by atoms with Crippen LogP contribution in [-0.2, 0) is 28.9 Å². The summed E-state index contributed by atoms with van der Waals surface area (Å²) in [6.07, 6.45) is 3.08. The Morgan fingerprint density at radius 3 is 2.15 bits per heavy atom. The van der Waals surface area contributed by atoms with Crippen LogP contribution in [0.5, 0.6) is 0 Å². The summed E-state index contributed by atoms with van der Waals surface area (Å²) in [5.74, 6) is 1.22. The molecule has 5 heterocycles. The molecule has 2 fully saturated rings. The molecule has 0 bridgehead atoms. The lowest BCUT2D eigenvalue weighted by atomic mass is 9.82. The number of aliphatic hydroxyl groups is 1. The monoisotopic (exact) mass is 643 g/mol. The van der Waals surface area contributed by atoms with Gasteiger partial charge < -0.3 is 29.6 Å². The summed E-state index contributed by atoms with van der Waals surface area (Å²) in [6, 6.07) is 13.1. The van der Waals surface area contributed by atoms with Crippen molar-refractivity contribution in [3.05, 3.63) is 64.5 Å². The van der Waals surface area contributed by atoms with E-state index in [1.807, 2.05) is 6.92 Å². The van der Waals surface area contributed by atoms with E-state index >= 15 is 0 Å². The van der Waals surface area contributed by atoms with Gasteiger partial charge in [0, 0.05) is 61.8 Å². The quantitative estimate of drug-likeness (QED) is 0.326. The number of aromatic nitrogens is 2. The first-order chi connectivity index (χ1) is 22.2. The van der Waals surface area contributed by atoms with Crippen molar-refractivity contribution >= 4 is 23.3 Å². The van der Waals surface area contributed by atoms with Crippen LogP contribution >= 0.6 is 0 Å². The minimum atomic E-state index is -0.815. The highest BCUT2D eigenvalue weighted by atomic mass is 16.5. The summed E-state index contributed by atoms with van der Waals surface area (Å²) in [5.41, 5.74) is 8.37. The number of carboxylic acids is 1. The van der Waals surface area contributed by atoms with Crippen LogP contribution in [0.1, 0.15) is 75.5 Å². The molecule has 47 heavy (non-hydrogen) atoms. The first-order valence-corrected chi connectivity index (χ1v) is 17.0. The number of hydrogen-bond acceptors (Lipinski definition) is 8. The molecule has 0 radical (unpaired) electrons. The Balaban J connectivity index is 0.000000807. The molecule has 3 aromatic rings. The number of benzene rings is 1. The maximum absolute atomic E-state index is 12.0. The number of anilines is 3. The number of ether oxygens (including phenoxy) is 1. The van der Waals surface area contributed by atoms with Gasteiger partial charge in [-0.2, -0.15) is 0 Å². The molecule has 0 aliphatic carbocycles. The minimum Gasteiger partial charge on any atom is -0.481 e. The summed E-state index contributed by atoms with van der Waals surface area (Å²) < 4.78 is 5.52. The van der Waals surface area contributed by atoms with Crippen molar-refractivity contribution < 1.29 is 19.7 Å². The predicted octanol–water partition coefficient (Wildman–Crippen LogP) is 6.19. The zero-order valence-corrected chi connectivity index (χ0v) is 29.4. The van der Waals surface area contributed by atoms with Gasteiger partial charge in [-0.15, -0.1) is 0 Å². The van der Waals surface area contributed by atoms with E-state index in [-0.39, 0.29) is 6.42 Å². The van der Waals surface area contributed by atoms with E-state index in [0.717, 1.165) is 117 Å². The second-order valence-electron chi connectivity index (χ2n) is 15.0. The van der Waals surface area contributed by atoms with Gasteiger partial charge in [-0.3, -0.25) is 9.78 Å². The normalized spacial score (nSPS) is 17.9. The average Bonchev–Trinajstić information content (AvgIpc) is 3.01. The second-order valence-corrected chi connectivity index (χ2v) is 15.0. The largest absolute Gasteiger partial charge is 0.481 e. The highest BCUT2D eigenvalue weighted by Gasteiger charge is 2.31. The Morgan fingerprint density at radius 1 is 0.872 bits per heavy atom. The molecular formula is C38H53N5O4. The van der Waals surface area contributed by atoms with Gasteiger partial charge in [-0.25, -0.2) is 4.98 Å². The van der Waals surface area contributed by atoms with Gasteiger partial charge in [-0.05, 0) is 88.1 Å². The second kappa shape index (κ2) is 14.2. The van der Waals surface area contributed by atoms with E-state index in [1.165, 1.54) is 11.1 Å². The summed E-state index contributed by atoms with van der Waals surface area (Å²) in [6.45, 7) is 20.7.